The first-order chi connectivity index (χ1) is 22.8. The zero-order valence-corrected chi connectivity index (χ0v) is 27.0. The minimum Gasteiger partial charge on any atom is -0.360 e. The lowest BCUT2D eigenvalue weighted by Gasteiger charge is -2.22. The molecule has 4 aromatic heterocycles. The molecule has 0 fully saturated rings. The summed E-state index contributed by atoms with van der Waals surface area (Å²) < 4.78 is 4.41. The van der Waals surface area contributed by atoms with Gasteiger partial charge in [0.1, 0.15) is 0 Å². The summed E-state index contributed by atoms with van der Waals surface area (Å²) in [5.41, 5.74) is 7.86. The summed E-state index contributed by atoms with van der Waals surface area (Å²) in [6.07, 6.45) is 5.15. The molecule has 0 saturated carbocycles. The van der Waals surface area contributed by atoms with E-state index in [-0.39, 0.29) is 0 Å². The maximum Gasteiger partial charge on any atom is 0.181 e. The zero-order valence-electron chi connectivity index (χ0n) is 27.0. The Morgan fingerprint density at radius 2 is 0.851 bits per heavy atom. The molecule has 6 nitrogen and oxygen atoms in total. The number of rotatable bonds is 2. The molecule has 230 valence electrons. The highest BCUT2D eigenvalue weighted by molar-refractivity contribution is 5.92. The number of nitrogens with one attached hydrogen (secondary N) is 2. The van der Waals surface area contributed by atoms with Crippen LogP contribution in [0.1, 0.15) is 61.9 Å². The minimum atomic E-state index is -0.442. The van der Waals surface area contributed by atoms with Crippen molar-refractivity contribution >= 4 is 21.5 Å². The van der Waals surface area contributed by atoms with Crippen LogP contribution in [0.5, 0.6) is 0 Å². The molecule has 1 aliphatic heterocycles. The molecule has 8 aromatic rings. The molecule has 4 aromatic carbocycles. The van der Waals surface area contributed by atoms with Crippen LogP contribution in [0, 0.1) is 0 Å². The fourth-order valence-corrected chi connectivity index (χ4v) is 7.45. The molecule has 0 unspecified atom stereocenters. The van der Waals surface area contributed by atoms with Gasteiger partial charge in [-0.3, -0.25) is 9.13 Å². The Balaban J connectivity index is 1.42. The second kappa shape index (κ2) is 9.94. The summed E-state index contributed by atoms with van der Waals surface area (Å²) in [4.78, 5) is 18.8. The smallest absolute Gasteiger partial charge is 0.181 e. The number of fused-ring (bicyclic) bond motifs is 15. The maximum absolute atomic E-state index is 5.49. The van der Waals surface area contributed by atoms with E-state index in [4.69, 9.17) is 9.97 Å². The van der Waals surface area contributed by atoms with Crippen LogP contribution >= 0.6 is 0 Å². The summed E-state index contributed by atoms with van der Waals surface area (Å²) in [6.45, 7) is 9.09. The number of hydrogen-bond acceptors (Lipinski definition) is 2. The topological polar surface area (TPSA) is 67.2 Å². The zero-order chi connectivity index (χ0) is 31.9. The highest BCUT2D eigenvalue weighted by atomic mass is 15.2. The number of aromatic nitrogens is 6. The van der Waals surface area contributed by atoms with E-state index in [1.165, 1.54) is 32.9 Å². The van der Waals surface area contributed by atoms with Crippen LogP contribution in [-0.4, -0.2) is 29.1 Å². The van der Waals surface area contributed by atoms with E-state index in [0.717, 1.165) is 52.2 Å². The summed E-state index contributed by atoms with van der Waals surface area (Å²) in [5.74, 6) is 1.60. The molecule has 8 bridgehead atoms. The molecule has 0 radical (unpaired) electrons. The molecule has 0 atom stereocenters. The molecule has 9 rings (SSSR count). The second-order valence-corrected chi connectivity index (χ2v) is 13.8. The lowest BCUT2D eigenvalue weighted by Crippen LogP contribution is -2.20. The fourth-order valence-electron chi connectivity index (χ4n) is 7.45. The molecule has 1 aliphatic rings. The Morgan fingerprint density at radius 1 is 0.489 bits per heavy atom. The molecule has 2 N–H and O–H groups in total. The molecule has 0 saturated heterocycles. The Labute approximate surface area is 273 Å². The second-order valence-electron chi connectivity index (χ2n) is 13.8. The number of H-pyrrole nitrogens is 2. The van der Waals surface area contributed by atoms with E-state index in [0.29, 0.717) is 0 Å². The Bertz CT molecular complexity index is 2260. The molecule has 5 heterocycles. The Kier molecular flexibility index (Phi) is 5.85. The van der Waals surface area contributed by atoms with Crippen LogP contribution in [-0.2, 0) is 17.3 Å². The number of imidazole rings is 2. The van der Waals surface area contributed by atoms with E-state index in [9.17, 15) is 0 Å². The quantitative estimate of drug-likeness (QED) is 0.204. The van der Waals surface area contributed by atoms with Crippen molar-refractivity contribution < 1.29 is 0 Å². The van der Waals surface area contributed by atoms with Gasteiger partial charge in [-0.05, 0) is 52.0 Å². The van der Waals surface area contributed by atoms with Gasteiger partial charge < -0.3 is 9.97 Å². The standard InChI is InChI=1S/C41H36N6/c1-40(2)34-24-46(26-15-7-5-8-16-26)38(44-34)39-45-35(25-47(39)27-17-9-6-10-18-27)41(3,4)37-31-22-14-12-20-29(31)33(43-37)23-32-28-19-11-13-21-30(28)36(40)42-32/h5-22,24-25,42-43H,23H2,1-4H3. The molecular weight excluding hydrogens is 576 g/mol. The average molecular weight is 613 g/mol. The molecular formula is C41H36N6. The first-order valence-corrected chi connectivity index (χ1v) is 16.3. The van der Waals surface area contributed by atoms with E-state index in [1.54, 1.807) is 0 Å². The molecule has 0 amide bonds. The normalized spacial score (nSPS) is 15.1. The number of aromatic amines is 2. The van der Waals surface area contributed by atoms with Crippen molar-refractivity contribution in [2.45, 2.75) is 44.9 Å². The van der Waals surface area contributed by atoms with Crippen LogP contribution in [0.4, 0.5) is 0 Å². The number of benzene rings is 4. The largest absolute Gasteiger partial charge is 0.360 e. The predicted molar refractivity (Wildman–Crippen MR) is 190 cm³/mol. The van der Waals surface area contributed by atoms with Gasteiger partial charge in [0, 0.05) is 85.3 Å². The van der Waals surface area contributed by atoms with Crippen molar-refractivity contribution in [3.8, 4) is 23.0 Å². The SMILES string of the molecule is CC1(C)c2cn(-c3ccccc3)c(n2)-c2nc(cn2-c2ccccc2)C(C)(C)c2[nH]c(c3ccccc23)Cc2[nH]c1c1ccccc21. The van der Waals surface area contributed by atoms with Gasteiger partial charge in [-0.15, -0.1) is 0 Å². The van der Waals surface area contributed by atoms with Gasteiger partial charge in [0.25, 0.3) is 0 Å². The number of nitrogens with zero attached hydrogens (tertiary/aromatic N) is 4. The van der Waals surface area contributed by atoms with Crippen molar-refractivity contribution in [2.24, 2.45) is 0 Å². The van der Waals surface area contributed by atoms with Gasteiger partial charge in [-0.2, -0.15) is 0 Å². The highest BCUT2D eigenvalue weighted by Gasteiger charge is 2.36. The van der Waals surface area contributed by atoms with Gasteiger partial charge in [0.15, 0.2) is 11.6 Å². The fraction of sp³-hybridized carbons (Fsp3) is 0.171. The summed E-state index contributed by atoms with van der Waals surface area (Å²) in [5, 5.41) is 4.93. The van der Waals surface area contributed by atoms with Crippen molar-refractivity contribution in [1.29, 1.82) is 0 Å². The Morgan fingerprint density at radius 3 is 1.26 bits per heavy atom. The number of hydrogen-bond donors (Lipinski definition) is 2. The van der Waals surface area contributed by atoms with Gasteiger partial charge in [0.2, 0.25) is 0 Å². The van der Waals surface area contributed by atoms with Crippen LogP contribution < -0.4 is 0 Å². The monoisotopic (exact) mass is 612 g/mol. The van der Waals surface area contributed by atoms with Gasteiger partial charge >= 0.3 is 0 Å². The molecule has 0 spiro atoms. The van der Waals surface area contributed by atoms with Crippen molar-refractivity contribution in [2.75, 3.05) is 0 Å². The van der Waals surface area contributed by atoms with E-state index in [1.807, 2.05) is 0 Å². The first-order valence-electron chi connectivity index (χ1n) is 16.3. The van der Waals surface area contributed by atoms with Crippen molar-refractivity contribution in [3.63, 3.8) is 0 Å². The minimum absolute atomic E-state index is 0.442. The summed E-state index contributed by atoms with van der Waals surface area (Å²) in [7, 11) is 0. The summed E-state index contributed by atoms with van der Waals surface area (Å²) >= 11 is 0. The average Bonchev–Trinajstić information content (AvgIpc) is 3.89. The van der Waals surface area contributed by atoms with E-state index < -0.39 is 10.8 Å². The molecule has 6 heteroatoms. The van der Waals surface area contributed by atoms with Crippen LogP contribution in [0.3, 0.4) is 0 Å². The lowest BCUT2D eigenvalue weighted by atomic mass is 9.84. The van der Waals surface area contributed by atoms with Gasteiger partial charge in [0.05, 0.1) is 11.4 Å². The van der Waals surface area contributed by atoms with E-state index in [2.05, 4.69) is 168 Å². The lowest BCUT2D eigenvalue weighted by molar-refractivity contribution is 0.604. The third-order valence-corrected chi connectivity index (χ3v) is 10.2. The van der Waals surface area contributed by atoms with Crippen LogP contribution in [0.2, 0.25) is 0 Å². The van der Waals surface area contributed by atoms with Crippen molar-refractivity contribution in [3.05, 3.63) is 156 Å². The molecule has 0 aliphatic carbocycles. The Hall–Kier alpha value is -5.62. The van der Waals surface area contributed by atoms with Crippen LogP contribution in [0.25, 0.3) is 44.6 Å². The maximum atomic E-state index is 5.49. The highest BCUT2D eigenvalue weighted by Crippen LogP contribution is 2.42. The van der Waals surface area contributed by atoms with Gasteiger partial charge in [-0.25, -0.2) is 9.97 Å². The van der Waals surface area contributed by atoms with Crippen LogP contribution in [0.15, 0.2) is 122 Å². The van der Waals surface area contributed by atoms with Crippen molar-refractivity contribution in [1.82, 2.24) is 29.1 Å². The third-order valence-electron chi connectivity index (χ3n) is 10.2. The summed E-state index contributed by atoms with van der Waals surface area (Å²) in [6, 6.07) is 38.4. The molecule has 47 heavy (non-hydrogen) atoms. The number of para-hydroxylation sites is 2. The first kappa shape index (κ1) is 27.7. The van der Waals surface area contributed by atoms with Gasteiger partial charge in [-0.1, -0.05) is 84.9 Å². The van der Waals surface area contributed by atoms with E-state index >= 15 is 0 Å². The third kappa shape index (κ3) is 4.10. The predicted octanol–water partition coefficient (Wildman–Crippen LogP) is 9.24.